The zero-order valence-electron chi connectivity index (χ0n) is 10.7. The monoisotopic (exact) mass is 246 g/mol. The zero-order chi connectivity index (χ0) is 13.5. The molecular weight excluding hydrogens is 228 g/mol. The fourth-order valence-corrected chi connectivity index (χ4v) is 1.56. The molecule has 0 aliphatic heterocycles. The number of carbonyl (C=O) groups is 1. The fourth-order valence-electron chi connectivity index (χ4n) is 1.56. The first-order valence-corrected chi connectivity index (χ1v) is 5.80. The van der Waals surface area contributed by atoms with Crippen molar-refractivity contribution in [3.63, 3.8) is 0 Å². The number of methoxy groups -OCH3 is 1. The summed E-state index contributed by atoms with van der Waals surface area (Å²) in [6, 6.07) is 4.95. The van der Waals surface area contributed by atoms with E-state index in [1.807, 2.05) is 6.92 Å². The molecule has 96 valence electrons. The number of nitrogens with two attached hydrogens (primary N) is 1. The third-order valence-electron chi connectivity index (χ3n) is 2.70. The van der Waals surface area contributed by atoms with Crippen LogP contribution >= 0.6 is 0 Å². The molecule has 0 aromatic heterocycles. The van der Waals surface area contributed by atoms with Gasteiger partial charge in [-0.25, -0.2) is 0 Å². The molecule has 18 heavy (non-hydrogen) atoms. The van der Waals surface area contributed by atoms with Crippen LogP contribution in [0.2, 0.25) is 0 Å². The van der Waals surface area contributed by atoms with Crippen molar-refractivity contribution < 1.29 is 9.53 Å². The van der Waals surface area contributed by atoms with Crippen LogP contribution in [0.1, 0.15) is 30.1 Å². The maximum atomic E-state index is 12.1. The van der Waals surface area contributed by atoms with E-state index in [1.165, 1.54) is 0 Å². The number of rotatable bonds is 5. The Balaban J connectivity index is 2.86. The Hall–Kier alpha value is -2.15. The van der Waals surface area contributed by atoms with Gasteiger partial charge in [-0.3, -0.25) is 4.79 Å². The predicted octanol–water partition coefficient (Wildman–Crippen LogP) is 1.81. The van der Waals surface area contributed by atoms with Crippen LogP contribution in [0.3, 0.4) is 0 Å². The van der Waals surface area contributed by atoms with Crippen LogP contribution in [-0.2, 0) is 0 Å². The van der Waals surface area contributed by atoms with Gasteiger partial charge in [-0.1, -0.05) is 6.92 Å². The molecular formula is C14H18N2O2. The second kappa shape index (κ2) is 6.55. The standard InChI is InChI=1S/C14H18N2O2/c1-4-6-10(5-2)16-14(17)12-9-11(18-3)7-8-13(12)15/h1,7-10H,5-6,15H2,2-3H3,(H,16,17). The lowest BCUT2D eigenvalue weighted by molar-refractivity contribution is 0.0937. The van der Waals surface area contributed by atoms with Gasteiger partial charge in [0.2, 0.25) is 0 Å². The van der Waals surface area contributed by atoms with Gasteiger partial charge in [-0.15, -0.1) is 12.3 Å². The molecule has 1 atom stereocenters. The highest BCUT2D eigenvalue weighted by Gasteiger charge is 2.14. The minimum atomic E-state index is -0.228. The number of amides is 1. The van der Waals surface area contributed by atoms with E-state index < -0.39 is 0 Å². The number of nitrogen functional groups attached to an aromatic ring is 1. The molecule has 0 bridgehead atoms. The smallest absolute Gasteiger partial charge is 0.253 e. The van der Waals surface area contributed by atoms with E-state index in [4.69, 9.17) is 16.9 Å². The van der Waals surface area contributed by atoms with Crippen molar-refractivity contribution in [2.75, 3.05) is 12.8 Å². The summed E-state index contributed by atoms with van der Waals surface area (Å²) in [6.07, 6.45) is 6.53. The van der Waals surface area contributed by atoms with Gasteiger partial charge < -0.3 is 15.8 Å². The van der Waals surface area contributed by atoms with Crippen LogP contribution in [0.25, 0.3) is 0 Å². The van der Waals surface area contributed by atoms with Gasteiger partial charge in [0.1, 0.15) is 5.75 Å². The van der Waals surface area contributed by atoms with Crippen LogP contribution in [0.15, 0.2) is 18.2 Å². The van der Waals surface area contributed by atoms with Gasteiger partial charge in [0.05, 0.1) is 12.7 Å². The molecule has 1 unspecified atom stereocenters. The van der Waals surface area contributed by atoms with E-state index in [0.717, 1.165) is 6.42 Å². The van der Waals surface area contributed by atoms with Gasteiger partial charge in [-0.05, 0) is 24.6 Å². The molecule has 0 aliphatic carbocycles. The van der Waals surface area contributed by atoms with E-state index in [9.17, 15) is 4.79 Å². The average molecular weight is 246 g/mol. The van der Waals surface area contributed by atoms with Gasteiger partial charge in [0.15, 0.2) is 0 Å². The van der Waals surface area contributed by atoms with Crippen molar-refractivity contribution in [2.24, 2.45) is 0 Å². The SMILES string of the molecule is C#CCC(CC)NC(=O)c1cc(OC)ccc1N. The lowest BCUT2D eigenvalue weighted by Gasteiger charge is -2.15. The van der Waals surface area contributed by atoms with Crippen molar-refractivity contribution in [2.45, 2.75) is 25.8 Å². The minimum Gasteiger partial charge on any atom is -0.497 e. The Morgan fingerprint density at radius 3 is 2.89 bits per heavy atom. The molecule has 0 radical (unpaired) electrons. The molecule has 0 saturated carbocycles. The van der Waals surface area contributed by atoms with Crippen molar-refractivity contribution in [3.8, 4) is 18.1 Å². The first-order chi connectivity index (χ1) is 8.62. The number of anilines is 1. The number of terminal acetylenes is 1. The van der Waals surface area contributed by atoms with E-state index in [1.54, 1.807) is 25.3 Å². The summed E-state index contributed by atoms with van der Waals surface area (Å²) in [4.78, 5) is 12.1. The topological polar surface area (TPSA) is 64.3 Å². The first-order valence-electron chi connectivity index (χ1n) is 5.80. The minimum absolute atomic E-state index is 0.0342. The molecule has 0 fully saturated rings. The number of nitrogens with one attached hydrogen (secondary N) is 1. The first kappa shape index (κ1) is 13.9. The normalized spacial score (nSPS) is 11.4. The molecule has 4 heteroatoms. The van der Waals surface area contributed by atoms with Crippen molar-refractivity contribution in [1.82, 2.24) is 5.32 Å². The van der Waals surface area contributed by atoms with Crippen molar-refractivity contribution in [3.05, 3.63) is 23.8 Å². The molecule has 1 amide bonds. The third-order valence-corrected chi connectivity index (χ3v) is 2.70. The van der Waals surface area contributed by atoms with Crippen molar-refractivity contribution in [1.29, 1.82) is 0 Å². The van der Waals surface area contributed by atoms with E-state index in [-0.39, 0.29) is 11.9 Å². The quantitative estimate of drug-likeness (QED) is 0.615. The fraction of sp³-hybridized carbons (Fsp3) is 0.357. The summed E-state index contributed by atoms with van der Waals surface area (Å²) < 4.78 is 5.07. The summed E-state index contributed by atoms with van der Waals surface area (Å²) in [7, 11) is 1.54. The van der Waals surface area contributed by atoms with Crippen LogP contribution in [-0.4, -0.2) is 19.1 Å². The number of carbonyl (C=O) groups excluding carboxylic acids is 1. The van der Waals surface area contributed by atoms with E-state index >= 15 is 0 Å². The van der Waals surface area contributed by atoms with Gasteiger partial charge >= 0.3 is 0 Å². The van der Waals surface area contributed by atoms with Crippen LogP contribution in [0.4, 0.5) is 5.69 Å². The molecule has 1 aromatic carbocycles. The molecule has 0 aliphatic rings. The Morgan fingerprint density at radius 2 is 2.33 bits per heavy atom. The number of ether oxygens (including phenoxy) is 1. The van der Waals surface area contributed by atoms with Gasteiger partial charge in [-0.2, -0.15) is 0 Å². The van der Waals surface area contributed by atoms with E-state index in [2.05, 4.69) is 11.2 Å². The highest BCUT2D eigenvalue weighted by Crippen LogP contribution is 2.19. The third kappa shape index (κ3) is 3.42. The lowest BCUT2D eigenvalue weighted by atomic mass is 10.1. The largest absolute Gasteiger partial charge is 0.497 e. The zero-order valence-corrected chi connectivity index (χ0v) is 10.7. The maximum Gasteiger partial charge on any atom is 0.253 e. The Bertz CT molecular complexity index is 463. The molecule has 1 aromatic rings. The second-order valence-electron chi connectivity index (χ2n) is 3.94. The molecule has 0 heterocycles. The van der Waals surface area contributed by atoms with Crippen molar-refractivity contribution >= 4 is 11.6 Å². The number of benzene rings is 1. The number of hydrogen-bond donors (Lipinski definition) is 2. The Morgan fingerprint density at radius 1 is 1.61 bits per heavy atom. The molecule has 0 saturated heterocycles. The number of hydrogen-bond acceptors (Lipinski definition) is 3. The highest BCUT2D eigenvalue weighted by molar-refractivity contribution is 5.99. The highest BCUT2D eigenvalue weighted by atomic mass is 16.5. The Labute approximate surface area is 108 Å². The summed E-state index contributed by atoms with van der Waals surface area (Å²) >= 11 is 0. The summed E-state index contributed by atoms with van der Waals surface area (Å²) in [6.45, 7) is 1.97. The lowest BCUT2D eigenvalue weighted by Crippen LogP contribution is -2.34. The maximum absolute atomic E-state index is 12.1. The van der Waals surface area contributed by atoms with Crippen LogP contribution in [0, 0.1) is 12.3 Å². The molecule has 1 rings (SSSR count). The molecule has 0 spiro atoms. The van der Waals surface area contributed by atoms with E-state index in [0.29, 0.717) is 23.4 Å². The summed E-state index contributed by atoms with van der Waals surface area (Å²) in [5.74, 6) is 2.91. The summed E-state index contributed by atoms with van der Waals surface area (Å²) in [5.41, 5.74) is 6.61. The molecule has 4 nitrogen and oxygen atoms in total. The summed E-state index contributed by atoms with van der Waals surface area (Å²) in [5, 5.41) is 2.86. The van der Waals surface area contributed by atoms with Gasteiger partial charge in [0, 0.05) is 18.2 Å². The van der Waals surface area contributed by atoms with Gasteiger partial charge in [0.25, 0.3) is 5.91 Å². The van der Waals surface area contributed by atoms with Crippen LogP contribution in [0.5, 0.6) is 5.75 Å². The Kier molecular flexibility index (Phi) is 5.06. The second-order valence-corrected chi connectivity index (χ2v) is 3.94. The van der Waals surface area contributed by atoms with Crippen LogP contribution < -0.4 is 15.8 Å². The average Bonchev–Trinajstić information content (AvgIpc) is 2.38. The molecule has 3 N–H and O–H groups in total. The predicted molar refractivity (Wildman–Crippen MR) is 72.4 cm³/mol.